The van der Waals surface area contributed by atoms with E-state index >= 15 is 0 Å². The molecule has 2 heterocycles. The molecule has 2 aromatic heterocycles. The van der Waals surface area contributed by atoms with Crippen molar-refractivity contribution in [1.29, 1.82) is 0 Å². The number of aromatic amines is 2. The highest BCUT2D eigenvalue weighted by atomic mass is 32.2. The van der Waals surface area contributed by atoms with E-state index in [0.29, 0.717) is 22.0 Å². The van der Waals surface area contributed by atoms with E-state index in [9.17, 15) is 17.6 Å². The molecule has 0 aliphatic rings. The molecule has 2 aromatic carbocycles. The minimum absolute atomic E-state index is 0.0339. The summed E-state index contributed by atoms with van der Waals surface area (Å²) in [7, 11) is -4.13. The van der Waals surface area contributed by atoms with Gasteiger partial charge in [0.05, 0.1) is 10.9 Å². The molecule has 2 atom stereocenters. The Morgan fingerprint density at radius 2 is 1.88 bits per heavy atom. The minimum atomic E-state index is -4.13. The van der Waals surface area contributed by atoms with Crippen molar-refractivity contribution in [3.05, 3.63) is 81.2 Å². The van der Waals surface area contributed by atoms with Crippen LogP contribution in [0.1, 0.15) is 41.4 Å². The van der Waals surface area contributed by atoms with Gasteiger partial charge in [-0.1, -0.05) is 24.3 Å². The quantitative estimate of drug-likeness (QED) is 0.408. The fraction of sp³-hybridized carbons (Fsp3) is 0.238. The number of fused-ring (bicyclic) bond motifs is 1. The lowest BCUT2D eigenvalue weighted by molar-refractivity contribution is 0.478. The third-order valence-electron chi connectivity index (χ3n) is 5.62. The van der Waals surface area contributed by atoms with Crippen molar-refractivity contribution in [2.24, 2.45) is 0 Å². The van der Waals surface area contributed by atoms with Crippen LogP contribution in [-0.4, -0.2) is 34.0 Å². The van der Waals surface area contributed by atoms with Gasteiger partial charge < -0.3 is 4.98 Å². The van der Waals surface area contributed by atoms with E-state index in [1.807, 2.05) is 6.92 Å². The smallest absolute Gasteiger partial charge is 0.248 e. The van der Waals surface area contributed by atoms with Gasteiger partial charge in [0.2, 0.25) is 15.6 Å². The summed E-state index contributed by atoms with van der Waals surface area (Å²) < 4.78 is 44.3. The Labute approximate surface area is 183 Å². The highest BCUT2D eigenvalue weighted by Gasteiger charge is 2.33. The maximum atomic E-state index is 14.8. The van der Waals surface area contributed by atoms with Crippen molar-refractivity contribution in [2.45, 2.75) is 37.6 Å². The Kier molecular flexibility index (Phi) is 5.61. The summed E-state index contributed by atoms with van der Waals surface area (Å²) in [6, 6.07) is 9.30. The summed E-state index contributed by atoms with van der Waals surface area (Å²) in [5.74, 6) is -1.02. The molecular weight excluding hydrogens is 435 g/mol. The molecule has 0 radical (unpaired) electrons. The molecule has 4 aromatic rings. The second-order valence-electron chi connectivity index (χ2n) is 7.60. The van der Waals surface area contributed by atoms with Crippen LogP contribution in [0.15, 0.2) is 52.2 Å². The standard InChI is InChI=1S/C21H21FN6O3S/c1-11-7-9-15(22)19(12(11)2)13(3)20(21-24-27-28-25-21)26-32(30,31)17-6-4-5-16-14(17)8-10-18(29)23-16/h4-10,13,20,26H,1-3H3,(H,23,29)(H,24,25,27,28)/t13-,20+/m1/s1. The molecule has 166 valence electrons. The molecule has 0 saturated heterocycles. The van der Waals surface area contributed by atoms with Crippen LogP contribution in [0.4, 0.5) is 4.39 Å². The predicted octanol–water partition coefficient (Wildman–Crippen LogP) is 2.62. The lowest BCUT2D eigenvalue weighted by Gasteiger charge is -2.25. The molecule has 3 N–H and O–H groups in total. The number of pyridine rings is 1. The molecule has 32 heavy (non-hydrogen) atoms. The van der Waals surface area contributed by atoms with Crippen LogP contribution in [0.2, 0.25) is 0 Å². The molecule has 9 nitrogen and oxygen atoms in total. The third-order valence-corrected chi connectivity index (χ3v) is 7.12. The van der Waals surface area contributed by atoms with Gasteiger partial charge >= 0.3 is 0 Å². The fourth-order valence-corrected chi connectivity index (χ4v) is 5.33. The van der Waals surface area contributed by atoms with E-state index in [2.05, 4.69) is 30.3 Å². The topological polar surface area (TPSA) is 133 Å². The van der Waals surface area contributed by atoms with E-state index in [1.165, 1.54) is 30.3 Å². The highest BCUT2D eigenvalue weighted by Crippen LogP contribution is 2.35. The van der Waals surface area contributed by atoms with E-state index in [0.717, 1.165) is 5.56 Å². The summed E-state index contributed by atoms with van der Waals surface area (Å²) in [5.41, 5.74) is 1.99. The number of H-pyrrole nitrogens is 2. The van der Waals surface area contributed by atoms with Gasteiger partial charge in [-0.2, -0.15) is 9.94 Å². The number of aromatic nitrogens is 5. The maximum absolute atomic E-state index is 14.8. The van der Waals surface area contributed by atoms with Crippen LogP contribution in [0, 0.1) is 19.7 Å². The summed E-state index contributed by atoms with van der Waals surface area (Å²) in [5, 5.41) is 14.1. The van der Waals surface area contributed by atoms with Crippen molar-refractivity contribution in [2.75, 3.05) is 0 Å². The Balaban J connectivity index is 1.82. The molecule has 0 unspecified atom stereocenters. The number of hydrogen-bond donors (Lipinski definition) is 3. The van der Waals surface area contributed by atoms with Gasteiger partial charge in [-0.15, -0.1) is 10.2 Å². The largest absolute Gasteiger partial charge is 0.322 e. The number of rotatable bonds is 6. The molecule has 11 heteroatoms. The molecule has 0 bridgehead atoms. The van der Waals surface area contributed by atoms with E-state index < -0.39 is 27.8 Å². The van der Waals surface area contributed by atoms with Gasteiger partial charge in [-0.25, -0.2) is 12.8 Å². The van der Waals surface area contributed by atoms with Gasteiger partial charge in [0.25, 0.3) is 0 Å². The zero-order valence-corrected chi connectivity index (χ0v) is 18.4. The lowest BCUT2D eigenvalue weighted by Crippen LogP contribution is -2.33. The van der Waals surface area contributed by atoms with Crippen LogP contribution < -0.4 is 10.3 Å². The van der Waals surface area contributed by atoms with Crippen molar-refractivity contribution < 1.29 is 12.8 Å². The van der Waals surface area contributed by atoms with Gasteiger partial charge in [-0.05, 0) is 54.8 Å². The first kappa shape index (κ1) is 21.8. The van der Waals surface area contributed by atoms with E-state index in [1.54, 1.807) is 26.0 Å². The molecular formula is C21H21FN6O3S. The molecule has 0 amide bonds. The number of nitrogens with zero attached hydrogens (tertiary/aromatic N) is 3. The van der Waals surface area contributed by atoms with Crippen LogP contribution in [0.3, 0.4) is 0 Å². The molecule has 0 aliphatic heterocycles. The minimum Gasteiger partial charge on any atom is -0.322 e. The summed E-state index contributed by atoms with van der Waals surface area (Å²) in [6.45, 7) is 5.34. The lowest BCUT2D eigenvalue weighted by atomic mass is 9.88. The van der Waals surface area contributed by atoms with Crippen LogP contribution in [-0.2, 0) is 10.0 Å². The number of aryl methyl sites for hydroxylation is 1. The highest BCUT2D eigenvalue weighted by molar-refractivity contribution is 7.89. The van der Waals surface area contributed by atoms with E-state index in [4.69, 9.17) is 0 Å². The molecule has 0 fully saturated rings. The van der Waals surface area contributed by atoms with Crippen molar-refractivity contribution in [1.82, 2.24) is 30.3 Å². The zero-order chi connectivity index (χ0) is 23.0. The van der Waals surface area contributed by atoms with Crippen molar-refractivity contribution in [3.63, 3.8) is 0 Å². The van der Waals surface area contributed by atoms with Crippen LogP contribution in [0.25, 0.3) is 10.9 Å². The number of benzene rings is 2. The first-order valence-corrected chi connectivity index (χ1v) is 11.3. The van der Waals surface area contributed by atoms with Gasteiger partial charge in [0.15, 0.2) is 5.82 Å². The second kappa shape index (κ2) is 8.24. The Bertz CT molecular complexity index is 1450. The van der Waals surface area contributed by atoms with E-state index in [-0.39, 0.29) is 16.3 Å². The first-order chi connectivity index (χ1) is 15.2. The second-order valence-corrected chi connectivity index (χ2v) is 9.28. The fourth-order valence-electron chi connectivity index (χ4n) is 3.83. The number of sulfonamides is 1. The van der Waals surface area contributed by atoms with Gasteiger partial charge in [0.1, 0.15) is 5.82 Å². The Hall–Kier alpha value is -3.44. The summed E-state index contributed by atoms with van der Waals surface area (Å²) >= 11 is 0. The predicted molar refractivity (Wildman–Crippen MR) is 116 cm³/mol. The molecule has 0 aliphatic carbocycles. The van der Waals surface area contributed by atoms with Crippen LogP contribution >= 0.6 is 0 Å². The Morgan fingerprint density at radius 3 is 2.59 bits per heavy atom. The number of halogens is 1. The molecule has 4 rings (SSSR count). The van der Waals surface area contributed by atoms with Gasteiger partial charge in [0, 0.05) is 22.9 Å². The van der Waals surface area contributed by atoms with Crippen molar-refractivity contribution >= 4 is 20.9 Å². The molecule has 0 saturated carbocycles. The van der Waals surface area contributed by atoms with Crippen LogP contribution in [0.5, 0.6) is 0 Å². The number of nitrogens with one attached hydrogen (secondary N) is 3. The average Bonchev–Trinajstić information content (AvgIpc) is 3.29. The Morgan fingerprint density at radius 1 is 1.09 bits per heavy atom. The monoisotopic (exact) mass is 456 g/mol. The summed E-state index contributed by atoms with van der Waals surface area (Å²) in [6.07, 6.45) is 0. The molecule has 0 spiro atoms. The first-order valence-electron chi connectivity index (χ1n) is 9.82. The number of hydrogen-bond acceptors (Lipinski definition) is 6. The normalized spacial score (nSPS) is 13.9. The zero-order valence-electron chi connectivity index (χ0n) is 17.5. The average molecular weight is 457 g/mol. The van der Waals surface area contributed by atoms with Gasteiger partial charge in [-0.3, -0.25) is 4.79 Å². The SMILES string of the molecule is Cc1ccc(F)c([C@@H](C)[C@H](NS(=O)(=O)c2cccc3[nH]c(=O)ccc23)c2nn[nH]n2)c1C. The number of tetrazole rings is 1. The van der Waals surface area contributed by atoms with Crippen molar-refractivity contribution in [3.8, 4) is 0 Å². The third kappa shape index (κ3) is 3.92. The summed E-state index contributed by atoms with van der Waals surface area (Å²) in [4.78, 5) is 14.2. The maximum Gasteiger partial charge on any atom is 0.248 e.